The number of anilines is 1. The van der Waals surface area contributed by atoms with Crippen molar-refractivity contribution in [1.29, 1.82) is 5.26 Å². The van der Waals surface area contributed by atoms with Crippen molar-refractivity contribution < 1.29 is 23.8 Å². The predicted molar refractivity (Wildman–Crippen MR) is 125 cm³/mol. The fourth-order valence-electron chi connectivity index (χ4n) is 4.01. The lowest BCUT2D eigenvalue weighted by Crippen LogP contribution is -2.40. The summed E-state index contributed by atoms with van der Waals surface area (Å²) in [5, 5.41) is 21.3. The van der Waals surface area contributed by atoms with Crippen LogP contribution in [-0.2, 0) is 19.1 Å². The van der Waals surface area contributed by atoms with Crippen LogP contribution in [0.25, 0.3) is 5.69 Å². The van der Waals surface area contributed by atoms with Crippen LogP contribution in [0.3, 0.4) is 0 Å². The molecule has 0 saturated carbocycles. The Morgan fingerprint density at radius 2 is 1.72 bits per heavy atom. The molecule has 2 N–H and O–H groups in total. The van der Waals surface area contributed by atoms with Crippen molar-refractivity contribution in [2.75, 3.05) is 26.2 Å². The zero-order valence-corrected chi connectivity index (χ0v) is 19.6. The number of hydrogen-bond donors (Lipinski definition) is 1. The first kappa shape index (κ1) is 24.0. The fraction of sp³-hybridized carbons (Fsp3) is 0.167. The summed E-state index contributed by atoms with van der Waals surface area (Å²) in [4.78, 5) is 27.6. The smallest absolute Gasteiger partial charge is 0.355 e. The van der Waals surface area contributed by atoms with E-state index in [2.05, 4.69) is 21.6 Å². The van der Waals surface area contributed by atoms with Gasteiger partial charge in [-0.25, -0.2) is 14.3 Å². The second kappa shape index (κ2) is 9.98. The fourth-order valence-corrected chi connectivity index (χ4v) is 4.01. The Hall–Kier alpha value is -5.18. The van der Waals surface area contributed by atoms with Gasteiger partial charge < -0.3 is 19.9 Å². The largest absolute Gasteiger partial charge is 0.497 e. The van der Waals surface area contributed by atoms with Crippen molar-refractivity contribution in [3.63, 3.8) is 0 Å². The number of esters is 2. The number of nitrogens with zero attached hydrogens (tertiary/aromatic N) is 6. The Morgan fingerprint density at radius 3 is 2.31 bits per heavy atom. The van der Waals surface area contributed by atoms with E-state index in [-0.39, 0.29) is 22.7 Å². The summed E-state index contributed by atoms with van der Waals surface area (Å²) in [5.74, 6) is -2.35. The first-order chi connectivity index (χ1) is 17.4. The minimum atomic E-state index is -0.974. The number of allylic oxidation sites excluding steroid dienone is 1. The normalized spacial score (nSPS) is 15.4. The number of nitriles is 1. The third kappa shape index (κ3) is 4.09. The number of carbonyl (C=O) groups excluding carboxylic acids is 2. The predicted octanol–water partition coefficient (Wildman–Crippen LogP) is 1.57. The number of rotatable bonds is 6. The topological polar surface area (TPSA) is 158 Å². The third-order valence-electron chi connectivity index (χ3n) is 5.59. The number of nitrogens with two attached hydrogens (primary N) is 1. The Labute approximate surface area is 205 Å². The number of aromatic nitrogens is 4. The van der Waals surface area contributed by atoms with E-state index in [0.29, 0.717) is 22.7 Å². The average molecular weight is 487 g/mol. The lowest BCUT2D eigenvalue weighted by Gasteiger charge is -2.36. The summed E-state index contributed by atoms with van der Waals surface area (Å²) in [7, 11) is 3.82. The molecule has 3 aromatic rings. The zero-order valence-electron chi connectivity index (χ0n) is 19.6. The highest BCUT2D eigenvalue weighted by molar-refractivity contribution is 6.06. The summed E-state index contributed by atoms with van der Waals surface area (Å²) in [6.45, 7) is 0. The van der Waals surface area contributed by atoms with Gasteiger partial charge in [-0.1, -0.05) is 30.3 Å². The van der Waals surface area contributed by atoms with Crippen LogP contribution in [0.15, 0.2) is 77.5 Å². The van der Waals surface area contributed by atoms with E-state index < -0.39 is 17.9 Å². The van der Waals surface area contributed by atoms with Crippen LogP contribution < -0.4 is 15.4 Å². The third-order valence-corrected chi connectivity index (χ3v) is 5.59. The minimum Gasteiger partial charge on any atom is -0.497 e. The molecule has 12 heteroatoms. The maximum atomic E-state index is 13.2. The first-order valence-corrected chi connectivity index (χ1v) is 10.5. The molecule has 1 aliphatic heterocycles. The van der Waals surface area contributed by atoms with Crippen LogP contribution in [0.2, 0.25) is 0 Å². The van der Waals surface area contributed by atoms with Gasteiger partial charge in [0.05, 0.1) is 55.8 Å². The van der Waals surface area contributed by atoms with E-state index >= 15 is 0 Å². The maximum Gasteiger partial charge on any atom is 0.355 e. The summed E-state index contributed by atoms with van der Waals surface area (Å²) < 4.78 is 16.9. The average Bonchev–Trinajstić information content (AvgIpc) is 3.47. The van der Waals surface area contributed by atoms with Crippen molar-refractivity contribution in [2.45, 2.75) is 5.92 Å². The Morgan fingerprint density at radius 1 is 1.03 bits per heavy atom. The molecule has 1 aliphatic rings. The van der Waals surface area contributed by atoms with E-state index in [4.69, 9.17) is 19.9 Å². The lowest BCUT2D eigenvalue weighted by molar-refractivity contribution is -0.139. The van der Waals surface area contributed by atoms with Gasteiger partial charge in [0.2, 0.25) is 0 Å². The van der Waals surface area contributed by atoms with Crippen LogP contribution in [-0.4, -0.2) is 53.5 Å². The maximum absolute atomic E-state index is 13.2. The van der Waals surface area contributed by atoms with Crippen molar-refractivity contribution in [3.05, 3.63) is 83.1 Å². The van der Waals surface area contributed by atoms with Crippen LogP contribution in [0, 0.1) is 11.3 Å². The molecule has 0 aliphatic carbocycles. The molecule has 2 aromatic carbocycles. The molecule has 1 aromatic heterocycles. The Kier molecular flexibility index (Phi) is 6.64. The zero-order chi connectivity index (χ0) is 25.8. The number of tetrazole rings is 1. The highest BCUT2D eigenvalue weighted by Crippen LogP contribution is 2.44. The molecule has 0 bridgehead atoms. The van der Waals surface area contributed by atoms with Crippen molar-refractivity contribution >= 4 is 17.6 Å². The van der Waals surface area contributed by atoms with Crippen LogP contribution in [0.5, 0.6) is 5.75 Å². The van der Waals surface area contributed by atoms with E-state index in [1.165, 1.54) is 37.2 Å². The number of carbonyl (C=O) groups is 2. The number of hydrogen-bond acceptors (Lipinski definition) is 11. The quantitative estimate of drug-likeness (QED) is 0.503. The highest BCUT2D eigenvalue weighted by Gasteiger charge is 2.43. The SMILES string of the molecule is COC(=O)C1=C(C(=O)OC)N(c2cc(OC)cc(-n3cnnn3)c2)C(N)=C(C#N)C1c1ccccc1. The Bertz CT molecular complexity index is 1410. The second-order valence-electron chi connectivity index (χ2n) is 7.48. The van der Waals surface area contributed by atoms with Crippen molar-refractivity contribution in [3.8, 4) is 17.5 Å². The summed E-state index contributed by atoms with van der Waals surface area (Å²) >= 11 is 0. The molecule has 2 heterocycles. The number of benzene rings is 2. The van der Waals surface area contributed by atoms with Crippen LogP contribution in [0.4, 0.5) is 5.69 Å². The molecule has 0 radical (unpaired) electrons. The van der Waals surface area contributed by atoms with Gasteiger partial charge in [0.15, 0.2) is 0 Å². The van der Waals surface area contributed by atoms with Gasteiger partial charge in [-0.15, -0.1) is 5.10 Å². The molecular weight excluding hydrogens is 466 g/mol. The van der Waals surface area contributed by atoms with E-state index in [0.717, 1.165) is 0 Å². The molecule has 1 unspecified atom stereocenters. The molecule has 36 heavy (non-hydrogen) atoms. The van der Waals surface area contributed by atoms with Gasteiger partial charge in [0.1, 0.15) is 23.6 Å². The molecule has 12 nitrogen and oxygen atoms in total. The molecule has 0 amide bonds. The Balaban J connectivity index is 2.06. The monoisotopic (exact) mass is 487 g/mol. The van der Waals surface area contributed by atoms with Gasteiger partial charge >= 0.3 is 11.9 Å². The summed E-state index contributed by atoms with van der Waals surface area (Å²) in [6.07, 6.45) is 1.37. The second-order valence-corrected chi connectivity index (χ2v) is 7.48. The summed E-state index contributed by atoms with van der Waals surface area (Å²) in [6, 6.07) is 15.7. The molecule has 4 rings (SSSR count). The van der Waals surface area contributed by atoms with Crippen molar-refractivity contribution in [2.24, 2.45) is 5.73 Å². The highest BCUT2D eigenvalue weighted by atomic mass is 16.5. The molecule has 1 atom stereocenters. The van der Waals surface area contributed by atoms with Gasteiger partial charge in [-0.3, -0.25) is 4.90 Å². The molecular formula is C24H21N7O5. The van der Waals surface area contributed by atoms with E-state index in [9.17, 15) is 14.9 Å². The minimum absolute atomic E-state index is 0.0426. The lowest BCUT2D eigenvalue weighted by atomic mass is 9.81. The number of methoxy groups -OCH3 is 3. The van der Waals surface area contributed by atoms with Gasteiger partial charge in [-0.2, -0.15) is 5.26 Å². The number of ether oxygens (including phenoxy) is 3. The summed E-state index contributed by atoms with van der Waals surface area (Å²) in [5.41, 5.74) is 7.60. The molecule has 0 spiro atoms. The van der Waals surface area contributed by atoms with Gasteiger partial charge in [0, 0.05) is 12.1 Å². The van der Waals surface area contributed by atoms with Crippen LogP contribution >= 0.6 is 0 Å². The first-order valence-electron chi connectivity index (χ1n) is 10.5. The molecule has 182 valence electrons. The van der Waals surface area contributed by atoms with Gasteiger partial charge in [0.25, 0.3) is 0 Å². The van der Waals surface area contributed by atoms with Crippen LogP contribution in [0.1, 0.15) is 11.5 Å². The van der Waals surface area contributed by atoms with E-state index in [1.807, 2.05) is 0 Å². The standard InChI is InChI=1S/C24H21N7O5/c1-34-17-10-15(30-13-27-28-29-30)9-16(11-17)31-21(24(33)36-3)20(23(32)35-2)19(18(12-25)22(31)26)14-7-5-4-6-8-14/h4-11,13,19H,26H2,1-3H3. The molecule has 0 fully saturated rings. The molecule has 0 saturated heterocycles. The van der Waals surface area contributed by atoms with Crippen molar-refractivity contribution in [1.82, 2.24) is 20.2 Å². The van der Waals surface area contributed by atoms with E-state index in [1.54, 1.807) is 48.5 Å². The van der Waals surface area contributed by atoms with Gasteiger partial charge in [-0.05, 0) is 22.1 Å².